The van der Waals surface area contributed by atoms with Crippen LogP contribution in [0.3, 0.4) is 0 Å². The molecule has 0 radical (unpaired) electrons. The molecule has 2 amide bonds. The molecule has 0 aliphatic carbocycles. The Morgan fingerprint density at radius 3 is 1.97 bits per heavy atom. The molecule has 0 aliphatic rings. The van der Waals surface area contributed by atoms with E-state index in [0.29, 0.717) is 18.7 Å². The van der Waals surface area contributed by atoms with Gasteiger partial charge in [0.05, 0.1) is 0 Å². The summed E-state index contributed by atoms with van der Waals surface area (Å²) < 4.78 is 5.80. The third kappa shape index (κ3) is 7.77. The fourth-order valence-electron chi connectivity index (χ4n) is 3.65. The summed E-state index contributed by atoms with van der Waals surface area (Å²) in [7, 11) is 0. The number of carbonyl (C=O) groups excluding carboxylic acids is 2. The first kappa shape index (κ1) is 25.0. The third-order valence-electron chi connectivity index (χ3n) is 5.35. The van der Waals surface area contributed by atoms with Crippen LogP contribution < -0.4 is 10.1 Å². The number of nitrogens with zero attached hydrogens (tertiary/aromatic N) is 1. The molecule has 3 rings (SSSR count). The topological polar surface area (TPSA) is 58.6 Å². The van der Waals surface area contributed by atoms with Gasteiger partial charge in [-0.25, -0.2) is 0 Å². The molecule has 34 heavy (non-hydrogen) atoms. The number of rotatable bonds is 9. The molecule has 178 valence electrons. The predicted molar refractivity (Wildman–Crippen MR) is 135 cm³/mol. The van der Waals surface area contributed by atoms with E-state index in [1.807, 2.05) is 113 Å². The van der Waals surface area contributed by atoms with Crippen LogP contribution in [-0.4, -0.2) is 34.9 Å². The molecule has 3 aromatic rings. The minimum atomic E-state index is -0.684. The van der Waals surface area contributed by atoms with E-state index < -0.39 is 11.6 Å². The highest BCUT2D eigenvalue weighted by Gasteiger charge is 2.32. The Hall–Kier alpha value is -3.60. The highest BCUT2D eigenvalue weighted by molar-refractivity contribution is 5.89. The number of aryl methyl sites for hydroxylation is 1. The van der Waals surface area contributed by atoms with Crippen molar-refractivity contribution >= 4 is 11.8 Å². The smallest absolute Gasteiger partial charge is 0.261 e. The van der Waals surface area contributed by atoms with Gasteiger partial charge in [-0.2, -0.15) is 0 Å². The Kier molecular flexibility index (Phi) is 8.47. The van der Waals surface area contributed by atoms with Crippen molar-refractivity contribution in [2.24, 2.45) is 0 Å². The molecule has 3 aromatic carbocycles. The molecule has 1 N–H and O–H groups in total. The molecule has 0 spiro atoms. The molecular weight excluding hydrogens is 424 g/mol. The maximum atomic E-state index is 13.5. The van der Waals surface area contributed by atoms with E-state index in [9.17, 15) is 9.59 Å². The van der Waals surface area contributed by atoms with Crippen LogP contribution in [0, 0.1) is 6.92 Å². The van der Waals surface area contributed by atoms with Crippen molar-refractivity contribution in [2.45, 2.75) is 52.2 Å². The second-order valence-corrected chi connectivity index (χ2v) is 9.55. The first-order valence-corrected chi connectivity index (χ1v) is 11.6. The van der Waals surface area contributed by atoms with E-state index >= 15 is 0 Å². The number of hydrogen-bond acceptors (Lipinski definition) is 3. The molecule has 0 aromatic heterocycles. The molecule has 0 bridgehead atoms. The van der Waals surface area contributed by atoms with Crippen molar-refractivity contribution < 1.29 is 14.3 Å². The van der Waals surface area contributed by atoms with Gasteiger partial charge in [0.15, 0.2) is 6.61 Å². The Bertz CT molecular complexity index is 1060. The summed E-state index contributed by atoms with van der Waals surface area (Å²) in [6.07, 6.45) is 0.409. The maximum Gasteiger partial charge on any atom is 0.261 e. The lowest BCUT2D eigenvalue weighted by molar-refractivity contribution is -0.143. The summed E-state index contributed by atoms with van der Waals surface area (Å²) >= 11 is 0. The molecule has 5 heteroatoms. The number of nitrogens with one attached hydrogen (secondary N) is 1. The Balaban J connectivity index is 1.89. The largest absolute Gasteiger partial charge is 0.484 e. The van der Waals surface area contributed by atoms with Gasteiger partial charge in [-0.05, 0) is 51.0 Å². The highest BCUT2D eigenvalue weighted by atomic mass is 16.5. The van der Waals surface area contributed by atoms with Crippen LogP contribution in [0.2, 0.25) is 0 Å². The van der Waals surface area contributed by atoms with Gasteiger partial charge in [-0.3, -0.25) is 9.59 Å². The normalized spacial score (nSPS) is 12.0. The SMILES string of the molecule is Cc1ccc(OCC(=O)N(Cc2ccccc2)C(Cc2ccccc2)C(=O)NC(C)(C)C)cc1. The zero-order valence-electron chi connectivity index (χ0n) is 20.5. The molecule has 0 heterocycles. The lowest BCUT2D eigenvalue weighted by atomic mass is 10.0. The van der Waals surface area contributed by atoms with Crippen LogP contribution in [0.25, 0.3) is 0 Å². The fraction of sp³-hybridized carbons (Fsp3) is 0.310. The minimum absolute atomic E-state index is 0.149. The van der Waals surface area contributed by atoms with Gasteiger partial charge in [0, 0.05) is 18.5 Å². The summed E-state index contributed by atoms with van der Waals surface area (Å²) in [5.74, 6) is 0.197. The standard InChI is InChI=1S/C29H34N2O3/c1-22-15-17-25(18-16-22)34-21-27(32)31(20-24-13-9-6-10-14-24)26(28(33)30-29(2,3)4)19-23-11-7-5-8-12-23/h5-18,26H,19-21H2,1-4H3,(H,30,33). The summed E-state index contributed by atoms with van der Waals surface area (Å²) in [6.45, 7) is 7.98. The van der Waals surface area contributed by atoms with Crippen molar-refractivity contribution in [1.82, 2.24) is 10.2 Å². The van der Waals surface area contributed by atoms with E-state index in [1.54, 1.807) is 4.90 Å². The van der Waals surface area contributed by atoms with Crippen LogP contribution in [0.4, 0.5) is 0 Å². The zero-order valence-corrected chi connectivity index (χ0v) is 20.5. The van der Waals surface area contributed by atoms with Gasteiger partial charge in [-0.1, -0.05) is 78.4 Å². The van der Waals surface area contributed by atoms with Crippen LogP contribution in [-0.2, 0) is 22.6 Å². The van der Waals surface area contributed by atoms with E-state index in [0.717, 1.165) is 16.7 Å². The molecule has 0 saturated carbocycles. The molecular formula is C29H34N2O3. The zero-order chi connectivity index (χ0) is 24.6. The Labute approximate surface area is 202 Å². The second kappa shape index (κ2) is 11.5. The van der Waals surface area contributed by atoms with Gasteiger partial charge in [0.1, 0.15) is 11.8 Å². The number of benzene rings is 3. The predicted octanol–water partition coefficient (Wildman–Crippen LogP) is 4.93. The summed E-state index contributed by atoms with van der Waals surface area (Å²) in [6, 6.07) is 26.4. The van der Waals surface area contributed by atoms with Gasteiger partial charge in [0.2, 0.25) is 5.91 Å². The number of amides is 2. The van der Waals surface area contributed by atoms with Crippen molar-refractivity contribution in [3.05, 3.63) is 102 Å². The number of ether oxygens (including phenoxy) is 1. The monoisotopic (exact) mass is 458 g/mol. The van der Waals surface area contributed by atoms with E-state index in [1.165, 1.54) is 0 Å². The van der Waals surface area contributed by atoms with Gasteiger partial charge < -0.3 is 15.0 Å². The van der Waals surface area contributed by atoms with Gasteiger partial charge >= 0.3 is 0 Å². The quantitative estimate of drug-likeness (QED) is 0.495. The van der Waals surface area contributed by atoms with Crippen molar-refractivity contribution in [3.63, 3.8) is 0 Å². The summed E-state index contributed by atoms with van der Waals surface area (Å²) in [4.78, 5) is 28.6. The molecule has 0 fully saturated rings. The van der Waals surface area contributed by atoms with Crippen molar-refractivity contribution in [3.8, 4) is 5.75 Å². The van der Waals surface area contributed by atoms with Crippen LogP contribution in [0.15, 0.2) is 84.9 Å². The van der Waals surface area contributed by atoms with E-state index in [4.69, 9.17) is 4.74 Å². The lowest BCUT2D eigenvalue weighted by Gasteiger charge is -2.33. The van der Waals surface area contributed by atoms with Crippen molar-refractivity contribution in [1.29, 1.82) is 0 Å². The number of hydrogen-bond donors (Lipinski definition) is 1. The summed E-state index contributed by atoms with van der Waals surface area (Å²) in [5.41, 5.74) is 2.63. The van der Waals surface area contributed by atoms with E-state index in [2.05, 4.69) is 5.32 Å². The Morgan fingerprint density at radius 1 is 0.853 bits per heavy atom. The highest BCUT2D eigenvalue weighted by Crippen LogP contribution is 2.17. The van der Waals surface area contributed by atoms with Crippen LogP contribution in [0.5, 0.6) is 5.75 Å². The third-order valence-corrected chi connectivity index (χ3v) is 5.35. The lowest BCUT2D eigenvalue weighted by Crippen LogP contribution is -2.55. The van der Waals surface area contributed by atoms with Gasteiger partial charge in [-0.15, -0.1) is 0 Å². The van der Waals surface area contributed by atoms with Crippen molar-refractivity contribution in [2.75, 3.05) is 6.61 Å². The molecule has 1 atom stereocenters. The first-order chi connectivity index (χ1) is 16.2. The summed E-state index contributed by atoms with van der Waals surface area (Å²) in [5, 5.41) is 3.07. The molecule has 5 nitrogen and oxygen atoms in total. The molecule has 1 unspecified atom stereocenters. The Morgan fingerprint density at radius 2 is 1.41 bits per heavy atom. The minimum Gasteiger partial charge on any atom is -0.484 e. The van der Waals surface area contributed by atoms with Crippen LogP contribution >= 0.6 is 0 Å². The average molecular weight is 459 g/mol. The first-order valence-electron chi connectivity index (χ1n) is 11.6. The van der Waals surface area contributed by atoms with Gasteiger partial charge in [0.25, 0.3) is 5.91 Å². The average Bonchev–Trinajstić information content (AvgIpc) is 2.81. The second-order valence-electron chi connectivity index (χ2n) is 9.55. The number of carbonyl (C=O) groups is 2. The van der Waals surface area contributed by atoms with Crippen LogP contribution in [0.1, 0.15) is 37.5 Å². The maximum absolute atomic E-state index is 13.5. The molecule has 0 saturated heterocycles. The van der Waals surface area contributed by atoms with E-state index in [-0.39, 0.29) is 18.4 Å². The fourth-order valence-corrected chi connectivity index (χ4v) is 3.65. The molecule has 0 aliphatic heterocycles.